The van der Waals surface area contributed by atoms with Crippen LogP contribution in [-0.2, 0) is 0 Å². The van der Waals surface area contributed by atoms with E-state index >= 15 is 0 Å². The third-order valence-corrected chi connectivity index (χ3v) is 1.92. The molecule has 13 heavy (non-hydrogen) atoms. The molecular formula is C7H7BrN2O3. The summed E-state index contributed by atoms with van der Waals surface area (Å²) in [7, 11) is 0. The Morgan fingerprint density at radius 3 is 2.85 bits per heavy atom. The van der Waals surface area contributed by atoms with Crippen LogP contribution < -0.4 is 5.32 Å². The number of aliphatic hydroxyl groups is 1. The van der Waals surface area contributed by atoms with E-state index in [2.05, 4.69) is 21.2 Å². The van der Waals surface area contributed by atoms with Crippen molar-refractivity contribution >= 4 is 27.3 Å². The number of hydrogen-bond donors (Lipinski definition) is 2. The Kier molecular flexibility index (Phi) is 3.21. The Bertz CT molecular complexity index is 330. The molecule has 0 amide bonds. The van der Waals surface area contributed by atoms with E-state index in [4.69, 9.17) is 5.11 Å². The highest BCUT2D eigenvalue weighted by Crippen LogP contribution is 2.27. The average molecular weight is 247 g/mol. The summed E-state index contributed by atoms with van der Waals surface area (Å²) in [5.74, 6) is 0. The van der Waals surface area contributed by atoms with E-state index in [0.29, 0.717) is 10.2 Å². The van der Waals surface area contributed by atoms with Crippen LogP contribution in [0.15, 0.2) is 22.7 Å². The van der Waals surface area contributed by atoms with Gasteiger partial charge in [-0.15, -0.1) is 0 Å². The molecule has 2 N–H and O–H groups in total. The number of nitrogens with one attached hydrogen (secondary N) is 1. The molecule has 0 aromatic heterocycles. The third kappa shape index (κ3) is 2.40. The summed E-state index contributed by atoms with van der Waals surface area (Å²) in [6.07, 6.45) is 0. The maximum absolute atomic E-state index is 10.5. The normalized spacial score (nSPS) is 9.69. The van der Waals surface area contributed by atoms with E-state index < -0.39 is 4.92 Å². The van der Waals surface area contributed by atoms with Crippen LogP contribution in [0.2, 0.25) is 0 Å². The zero-order chi connectivity index (χ0) is 9.84. The largest absolute Gasteiger partial charge is 0.377 e. The topological polar surface area (TPSA) is 75.4 Å². The minimum Gasteiger partial charge on any atom is -0.377 e. The van der Waals surface area contributed by atoms with Crippen LogP contribution in [0.25, 0.3) is 0 Å². The minimum absolute atomic E-state index is 0.0663. The second-order valence-electron chi connectivity index (χ2n) is 2.25. The van der Waals surface area contributed by atoms with Gasteiger partial charge in [-0.3, -0.25) is 10.1 Å². The number of nitro benzene ring substituents is 1. The summed E-state index contributed by atoms with van der Waals surface area (Å²) in [6.45, 7) is -0.331. The summed E-state index contributed by atoms with van der Waals surface area (Å²) in [6, 6.07) is 4.56. The first-order valence-electron chi connectivity index (χ1n) is 3.44. The fraction of sp³-hybridized carbons (Fsp3) is 0.143. The van der Waals surface area contributed by atoms with Gasteiger partial charge in [0.05, 0.1) is 4.92 Å². The van der Waals surface area contributed by atoms with Crippen LogP contribution in [0.1, 0.15) is 0 Å². The summed E-state index contributed by atoms with van der Waals surface area (Å²) >= 11 is 3.12. The van der Waals surface area contributed by atoms with Gasteiger partial charge in [0.1, 0.15) is 12.4 Å². The molecule has 0 radical (unpaired) electrons. The molecule has 1 aromatic rings. The Hall–Kier alpha value is -1.14. The Morgan fingerprint density at radius 2 is 2.31 bits per heavy atom. The second-order valence-corrected chi connectivity index (χ2v) is 3.17. The summed E-state index contributed by atoms with van der Waals surface area (Å²) < 4.78 is 0.627. The molecule has 70 valence electrons. The summed E-state index contributed by atoms with van der Waals surface area (Å²) in [5, 5.41) is 21.5. The zero-order valence-electron chi connectivity index (χ0n) is 6.53. The lowest BCUT2D eigenvalue weighted by Crippen LogP contribution is -2.02. The first kappa shape index (κ1) is 9.94. The van der Waals surface area contributed by atoms with Gasteiger partial charge in [-0.05, 0) is 12.1 Å². The number of anilines is 1. The van der Waals surface area contributed by atoms with Gasteiger partial charge in [0.25, 0.3) is 5.69 Å². The van der Waals surface area contributed by atoms with Crippen LogP contribution in [0.3, 0.4) is 0 Å². The standard InChI is InChI=1S/C7H7BrN2O3/c8-5-1-2-6(9-4-11)7(3-5)10(12)13/h1-3,9,11H,4H2. The number of nitro groups is 1. The molecule has 0 saturated heterocycles. The number of nitrogens with zero attached hydrogens (tertiary/aromatic N) is 1. The monoisotopic (exact) mass is 246 g/mol. The molecule has 0 aliphatic heterocycles. The van der Waals surface area contributed by atoms with Crippen LogP contribution in [0.4, 0.5) is 11.4 Å². The van der Waals surface area contributed by atoms with Gasteiger partial charge in [-0.1, -0.05) is 15.9 Å². The van der Waals surface area contributed by atoms with Gasteiger partial charge in [0.2, 0.25) is 0 Å². The fourth-order valence-electron chi connectivity index (χ4n) is 0.891. The molecule has 5 nitrogen and oxygen atoms in total. The van der Waals surface area contributed by atoms with Gasteiger partial charge in [-0.2, -0.15) is 0 Å². The molecule has 0 fully saturated rings. The molecule has 0 atom stereocenters. The molecule has 0 saturated carbocycles. The van der Waals surface area contributed by atoms with Crippen LogP contribution in [-0.4, -0.2) is 16.8 Å². The fourth-order valence-corrected chi connectivity index (χ4v) is 1.24. The third-order valence-electron chi connectivity index (χ3n) is 1.43. The lowest BCUT2D eigenvalue weighted by atomic mass is 10.3. The van der Waals surface area contributed by atoms with Crippen molar-refractivity contribution in [1.82, 2.24) is 0 Å². The first-order valence-corrected chi connectivity index (χ1v) is 4.23. The number of hydrogen-bond acceptors (Lipinski definition) is 4. The Balaban J connectivity index is 3.10. The van der Waals surface area contributed by atoms with Crippen molar-refractivity contribution in [3.63, 3.8) is 0 Å². The van der Waals surface area contributed by atoms with Gasteiger partial charge >= 0.3 is 0 Å². The molecule has 0 aliphatic rings. The number of halogens is 1. The first-order chi connectivity index (χ1) is 6.15. The van der Waals surface area contributed by atoms with Crippen LogP contribution >= 0.6 is 15.9 Å². The van der Waals surface area contributed by atoms with Gasteiger partial charge < -0.3 is 10.4 Å². The van der Waals surface area contributed by atoms with Gasteiger partial charge in [0.15, 0.2) is 0 Å². The van der Waals surface area contributed by atoms with Crippen molar-refractivity contribution in [3.8, 4) is 0 Å². The van der Waals surface area contributed by atoms with E-state index in [1.165, 1.54) is 12.1 Å². The Morgan fingerprint density at radius 1 is 1.62 bits per heavy atom. The molecule has 0 bridgehead atoms. The summed E-state index contributed by atoms with van der Waals surface area (Å²) in [4.78, 5) is 10.0. The lowest BCUT2D eigenvalue weighted by molar-refractivity contribution is -0.384. The van der Waals surface area contributed by atoms with Crippen molar-refractivity contribution in [2.45, 2.75) is 0 Å². The van der Waals surface area contributed by atoms with Crippen LogP contribution in [0, 0.1) is 10.1 Å². The van der Waals surface area contributed by atoms with E-state index in [0.717, 1.165) is 0 Å². The Labute approximate surface area is 82.7 Å². The SMILES string of the molecule is O=[N+]([O-])c1cc(Br)ccc1NCO. The van der Waals surface area contributed by atoms with Crippen molar-refractivity contribution in [2.75, 3.05) is 12.0 Å². The van der Waals surface area contributed by atoms with E-state index in [1.54, 1.807) is 6.07 Å². The van der Waals surface area contributed by atoms with Crippen molar-refractivity contribution in [2.24, 2.45) is 0 Å². The molecule has 1 rings (SSSR count). The van der Waals surface area contributed by atoms with Crippen LogP contribution in [0.5, 0.6) is 0 Å². The quantitative estimate of drug-likeness (QED) is 0.484. The maximum Gasteiger partial charge on any atom is 0.293 e. The average Bonchev–Trinajstić information content (AvgIpc) is 2.08. The minimum atomic E-state index is -0.511. The number of rotatable bonds is 3. The molecule has 1 aromatic carbocycles. The number of benzene rings is 1. The molecule has 0 heterocycles. The highest BCUT2D eigenvalue weighted by atomic mass is 79.9. The van der Waals surface area contributed by atoms with Crippen molar-refractivity contribution in [3.05, 3.63) is 32.8 Å². The summed E-state index contributed by atoms with van der Waals surface area (Å²) in [5.41, 5.74) is 0.235. The zero-order valence-corrected chi connectivity index (χ0v) is 8.11. The molecule has 0 unspecified atom stereocenters. The molecule has 0 aliphatic carbocycles. The van der Waals surface area contributed by atoms with E-state index in [1.807, 2.05) is 0 Å². The van der Waals surface area contributed by atoms with Crippen molar-refractivity contribution in [1.29, 1.82) is 0 Å². The van der Waals surface area contributed by atoms with Gasteiger partial charge in [-0.25, -0.2) is 0 Å². The molecule has 0 spiro atoms. The number of aliphatic hydroxyl groups excluding tert-OH is 1. The highest BCUT2D eigenvalue weighted by Gasteiger charge is 2.12. The smallest absolute Gasteiger partial charge is 0.293 e. The van der Waals surface area contributed by atoms with Crippen molar-refractivity contribution < 1.29 is 10.0 Å². The maximum atomic E-state index is 10.5. The highest BCUT2D eigenvalue weighted by molar-refractivity contribution is 9.10. The van der Waals surface area contributed by atoms with Gasteiger partial charge in [0, 0.05) is 10.5 Å². The molecule has 6 heteroatoms. The second kappa shape index (κ2) is 4.20. The predicted molar refractivity (Wildman–Crippen MR) is 51.5 cm³/mol. The predicted octanol–water partition coefficient (Wildman–Crippen LogP) is 1.72. The lowest BCUT2D eigenvalue weighted by Gasteiger charge is -2.03. The molecular weight excluding hydrogens is 240 g/mol. The van der Waals surface area contributed by atoms with E-state index in [-0.39, 0.29) is 12.4 Å². The van der Waals surface area contributed by atoms with E-state index in [9.17, 15) is 10.1 Å².